The van der Waals surface area contributed by atoms with E-state index < -0.39 is 6.16 Å². The smallest absolute Gasteiger partial charge is 0.449 e. The quantitative estimate of drug-likeness (QED) is 0.651. The number of ether oxygens (including phenoxy) is 1. The molecule has 0 atom stereocenters. The van der Waals surface area contributed by atoms with Crippen LogP contribution in [-0.2, 0) is 12.8 Å². The first-order valence-corrected chi connectivity index (χ1v) is 6.28. The summed E-state index contributed by atoms with van der Waals surface area (Å²) >= 11 is 0. The molecule has 0 heterocycles. The van der Waals surface area contributed by atoms with E-state index in [4.69, 9.17) is 9.84 Å². The van der Waals surface area contributed by atoms with Crippen LogP contribution in [0.2, 0.25) is 0 Å². The number of aryl methyl sites for hydroxylation is 2. The predicted molar refractivity (Wildman–Crippen MR) is 73.6 cm³/mol. The van der Waals surface area contributed by atoms with Crippen LogP contribution in [0.15, 0.2) is 54.6 Å². The first-order chi connectivity index (χ1) is 9.25. The molecule has 3 heteroatoms. The monoisotopic (exact) mass is 256 g/mol. The molecule has 2 rings (SSSR count). The summed E-state index contributed by atoms with van der Waals surface area (Å²) in [6.45, 7) is 0. The zero-order chi connectivity index (χ0) is 13.5. The number of rotatable bonds is 5. The Balaban J connectivity index is 1.94. The van der Waals surface area contributed by atoms with Gasteiger partial charge < -0.3 is 9.84 Å². The summed E-state index contributed by atoms with van der Waals surface area (Å²) in [6.07, 6.45) is 1.47. The SMILES string of the molecule is O=C(O)Oc1ccccc1CCCc1ccccc1. The number of carboxylic acid groups (broad SMARTS) is 1. The highest BCUT2D eigenvalue weighted by atomic mass is 16.7. The zero-order valence-electron chi connectivity index (χ0n) is 10.6. The van der Waals surface area contributed by atoms with Crippen molar-refractivity contribution in [3.8, 4) is 5.75 Å². The molecule has 0 bridgehead atoms. The molecule has 19 heavy (non-hydrogen) atoms. The third kappa shape index (κ3) is 4.14. The lowest BCUT2D eigenvalue weighted by Gasteiger charge is -2.07. The van der Waals surface area contributed by atoms with E-state index in [-0.39, 0.29) is 0 Å². The number of para-hydroxylation sites is 1. The van der Waals surface area contributed by atoms with Crippen LogP contribution in [-0.4, -0.2) is 11.3 Å². The van der Waals surface area contributed by atoms with Gasteiger partial charge in [-0.15, -0.1) is 0 Å². The molecule has 0 unspecified atom stereocenters. The van der Waals surface area contributed by atoms with E-state index in [1.54, 1.807) is 12.1 Å². The molecule has 0 amide bonds. The molecule has 0 aliphatic carbocycles. The molecule has 0 aliphatic rings. The molecule has 0 aliphatic heterocycles. The normalized spacial score (nSPS) is 10.1. The topological polar surface area (TPSA) is 46.5 Å². The van der Waals surface area contributed by atoms with E-state index in [1.165, 1.54) is 5.56 Å². The Morgan fingerprint density at radius 2 is 1.63 bits per heavy atom. The van der Waals surface area contributed by atoms with Gasteiger partial charge in [0.15, 0.2) is 0 Å². The van der Waals surface area contributed by atoms with Gasteiger partial charge in [0.1, 0.15) is 5.75 Å². The van der Waals surface area contributed by atoms with Crippen molar-refractivity contribution >= 4 is 6.16 Å². The van der Waals surface area contributed by atoms with Crippen LogP contribution in [0.3, 0.4) is 0 Å². The van der Waals surface area contributed by atoms with Crippen LogP contribution in [0.4, 0.5) is 4.79 Å². The van der Waals surface area contributed by atoms with Gasteiger partial charge in [0.05, 0.1) is 0 Å². The van der Waals surface area contributed by atoms with Gasteiger partial charge >= 0.3 is 6.16 Å². The van der Waals surface area contributed by atoms with E-state index in [2.05, 4.69) is 12.1 Å². The summed E-state index contributed by atoms with van der Waals surface area (Å²) in [5.41, 5.74) is 2.22. The third-order valence-electron chi connectivity index (χ3n) is 2.92. The van der Waals surface area contributed by atoms with E-state index in [0.29, 0.717) is 5.75 Å². The van der Waals surface area contributed by atoms with Crippen molar-refractivity contribution in [3.05, 3.63) is 65.7 Å². The molecule has 2 aromatic carbocycles. The van der Waals surface area contributed by atoms with Crippen molar-refractivity contribution in [2.75, 3.05) is 0 Å². The first-order valence-electron chi connectivity index (χ1n) is 6.28. The molecule has 0 saturated carbocycles. The van der Waals surface area contributed by atoms with E-state index >= 15 is 0 Å². The molecule has 1 N–H and O–H groups in total. The minimum absolute atomic E-state index is 0.433. The Morgan fingerprint density at radius 3 is 2.37 bits per heavy atom. The van der Waals surface area contributed by atoms with Crippen molar-refractivity contribution < 1.29 is 14.6 Å². The van der Waals surface area contributed by atoms with Crippen molar-refractivity contribution in [1.82, 2.24) is 0 Å². The Hall–Kier alpha value is -2.29. The molecular weight excluding hydrogens is 240 g/mol. The third-order valence-corrected chi connectivity index (χ3v) is 2.92. The van der Waals surface area contributed by atoms with Gasteiger partial charge in [0.25, 0.3) is 0 Å². The highest BCUT2D eigenvalue weighted by molar-refractivity contribution is 5.62. The van der Waals surface area contributed by atoms with Gasteiger partial charge in [0.2, 0.25) is 0 Å². The number of carbonyl (C=O) groups is 1. The van der Waals surface area contributed by atoms with Crippen LogP contribution in [0, 0.1) is 0 Å². The zero-order valence-corrected chi connectivity index (χ0v) is 10.6. The summed E-state index contributed by atoms with van der Waals surface area (Å²) in [5, 5.41) is 8.67. The van der Waals surface area contributed by atoms with Crippen molar-refractivity contribution in [2.24, 2.45) is 0 Å². The second-order valence-electron chi connectivity index (χ2n) is 4.31. The number of hydrogen-bond donors (Lipinski definition) is 1. The van der Waals surface area contributed by atoms with Gasteiger partial charge in [-0.25, -0.2) is 4.79 Å². The van der Waals surface area contributed by atoms with Gasteiger partial charge in [-0.05, 0) is 36.5 Å². The second kappa shape index (κ2) is 6.59. The molecule has 0 aromatic heterocycles. The number of benzene rings is 2. The summed E-state index contributed by atoms with van der Waals surface area (Å²) in [4.78, 5) is 10.6. The first kappa shape index (κ1) is 13.1. The van der Waals surface area contributed by atoms with Crippen LogP contribution < -0.4 is 4.74 Å². The van der Waals surface area contributed by atoms with Gasteiger partial charge in [-0.2, -0.15) is 0 Å². The largest absolute Gasteiger partial charge is 0.511 e. The fourth-order valence-electron chi connectivity index (χ4n) is 2.03. The van der Waals surface area contributed by atoms with E-state index in [9.17, 15) is 4.79 Å². The van der Waals surface area contributed by atoms with Crippen LogP contribution in [0.5, 0.6) is 5.75 Å². The fraction of sp³-hybridized carbons (Fsp3) is 0.188. The highest BCUT2D eigenvalue weighted by Gasteiger charge is 2.06. The summed E-state index contributed by atoms with van der Waals surface area (Å²) in [7, 11) is 0. The Morgan fingerprint density at radius 1 is 0.947 bits per heavy atom. The maximum atomic E-state index is 10.6. The standard InChI is InChI=1S/C16H16O3/c17-16(18)19-15-12-5-4-10-14(15)11-6-9-13-7-2-1-3-8-13/h1-5,7-8,10,12H,6,9,11H2,(H,17,18). The molecule has 2 aromatic rings. The van der Waals surface area contributed by atoms with Crippen LogP contribution in [0.1, 0.15) is 17.5 Å². The molecular formula is C16H16O3. The average molecular weight is 256 g/mol. The van der Waals surface area contributed by atoms with Crippen molar-refractivity contribution in [2.45, 2.75) is 19.3 Å². The lowest BCUT2D eigenvalue weighted by atomic mass is 10.0. The Labute approximate surface area is 112 Å². The summed E-state index contributed by atoms with van der Waals surface area (Å²) in [6, 6.07) is 17.5. The molecule has 3 nitrogen and oxygen atoms in total. The van der Waals surface area contributed by atoms with Crippen molar-refractivity contribution in [3.63, 3.8) is 0 Å². The summed E-state index contributed by atoms with van der Waals surface area (Å²) < 4.78 is 4.76. The van der Waals surface area contributed by atoms with Gasteiger partial charge in [-0.1, -0.05) is 48.5 Å². The average Bonchev–Trinajstić information content (AvgIpc) is 2.41. The molecule has 0 spiro atoms. The minimum atomic E-state index is -1.27. The molecule has 0 fully saturated rings. The Kier molecular flexibility index (Phi) is 4.56. The molecule has 0 saturated heterocycles. The lowest BCUT2D eigenvalue weighted by Crippen LogP contribution is -2.05. The minimum Gasteiger partial charge on any atom is -0.449 e. The van der Waals surface area contributed by atoms with Crippen LogP contribution >= 0.6 is 0 Å². The second-order valence-corrected chi connectivity index (χ2v) is 4.31. The highest BCUT2D eigenvalue weighted by Crippen LogP contribution is 2.20. The van der Waals surface area contributed by atoms with Crippen molar-refractivity contribution in [1.29, 1.82) is 0 Å². The van der Waals surface area contributed by atoms with Gasteiger partial charge in [0, 0.05) is 0 Å². The van der Waals surface area contributed by atoms with E-state index in [1.807, 2.05) is 30.3 Å². The summed E-state index contributed by atoms with van der Waals surface area (Å²) in [5.74, 6) is 0.433. The predicted octanol–water partition coefficient (Wildman–Crippen LogP) is 3.92. The van der Waals surface area contributed by atoms with Crippen LogP contribution in [0.25, 0.3) is 0 Å². The molecule has 98 valence electrons. The maximum absolute atomic E-state index is 10.6. The maximum Gasteiger partial charge on any atom is 0.511 e. The lowest BCUT2D eigenvalue weighted by molar-refractivity contribution is 0.144. The Bertz CT molecular complexity index is 535. The van der Waals surface area contributed by atoms with Gasteiger partial charge in [-0.3, -0.25) is 0 Å². The van der Waals surface area contributed by atoms with E-state index in [0.717, 1.165) is 24.8 Å². The fourth-order valence-corrected chi connectivity index (χ4v) is 2.03. The molecule has 0 radical (unpaired) electrons. The number of hydrogen-bond acceptors (Lipinski definition) is 2.